The lowest BCUT2D eigenvalue weighted by Crippen LogP contribution is -2.22. The normalized spacial score (nSPS) is 13.3. The van der Waals surface area contributed by atoms with Crippen molar-refractivity contribution in [2.75, 3.05) is 47.1 Å². The van der Waals surface area contributed by atoms with E-state index in [1.807, 2.05) is 7.05 Å². The van der Waals surface area contributed by atoms with Gasteiger partial charge in [-0.25, -0.2) is 0 Å². The molecule has 0 saturated carbocycles. The van der Waals surface area contributed by atoms with Crippen LogP contribution in [-0.2, 0) is 14.2 Å². The van der Waals surface area contributed by atoms with Crippen LogP contribution < -0.4 is 5.32 Å². The molecular weight excluding hydrogens is 198 g/mol. The molecule has 0 heterocycles. The van der Waals surface area contributed by atoms with E-state index in [1.54, 1.807) is 7.11 Å². The molecule has 14 heavy (non-hydrogen) atoms. The Hall–Kier alpha value is 0.0569. The van der Waals surface area contributed by atoms with Gasteiger partial charge in [0.1, 0.15) is 0 Å². The van der Waals surface area contributed by atoms with Crippen LogP contribution in [0.5, 0.6) is 0 Å². The lowest BCUT2D eigenvalue weighted by atomic mass is 10.4. The Labute approximate surface area is 89.7 Å². The molecule has 0 saturated heterocycles. The summed E-state index contributed by atoms with van der Waals surface area (Å²) in [6.07, 6.45) is 1.10. The van der Waals surface area contributed by atoms with Gasteiger partial charge in [0.05, 0.1) is 26.4 Å². The van der Waals surface area contributed by atoms with Gasteiger partial charge in [-0.05, 0) is 20.0 Å². The SMILES string of the molecule is CNCCC([SiH3])OCCOCCOC. The van der Waals surface area contributed by atoms with Crippen molar-refractivity contribution >= 4 is 10.2 Å². The van der Waals surface area contributed by atoms with Gasteiger partial charge in [0.15, 0.2) is 0 Å². The molecule has 1 unspecified atom stereocenters. The summed E-state index contributed by atoms with van der Waals surface area (Å²) >= 11 is 0. The maximum atomic E-state index is 5.58. The Kier molecular flexibility index (Phi) is 11.2. The van der Waals surface area contributed by atoms with Crippen LogP contribution in [-0.4, -0.2) is 63.1 Å². The number of hydrogen-bond donors (Lipinski definition) is 1. The summed E-state index contributed by atoms with van der Waals surface area (Å²) in [6.45, 7) is 3.70. The molecule has 0 radical (unpaired) electrons. The van der Waals surface area contributed by atoms with E-state index in [1.165, 1.54) is 0 Å². The molecule has 4 nitrogen and oxygen atoms in total. The fourth-order valence-electron chi connectivity index (χ4n) is 0.983. The smallest absolute Gasteiger partial charge is 0.0701 e. The molecule has 0 aliphatic carbocycles. The molecule has 86 valence electrons. The largest absolute Gasteiger partial charge is 0.382 e. The van der Waals surface area contributed by atoms with E-state index in [0.717, 1.165) is 23.2 Å². The Morgan fingerprint density at radius 2 is 1.93 bits per heavy atom. The van der Waals surface area contributed by atoms with Crippen molar-refractivity contribution in [3.8, 4) is 0 Å². The first-order valence-electron chi connectivity index (χ1n) is 5.14. The number of rotatable bonds is 10. The third kappa shape index (κ3) is 10.1. The molecule has 0 aliphatic heterocycles. The summed E-state index contributed by atoms with van der Waals surface area (Å²) in [4.78, 5) is 0. The van der Waals surface area contributed by atoms with Crippen LogP contribution in [0.1, 0.15) is 6.42 Å². The molecule has 0 bridgehead atoms. The highest BCUT2D eigenvalue weighted by Crippen LogP contribution is 1.91. The minimum Gasteiger partial charge on any atom is -0.382 e. The van der Waals surface area contributed by atoms with Crippen molar-refractivity contribution in [3.63, 3.8) is 0 Å². The summed E-state index contributed by atoms with van der Waals surface area (Å²) in [5.74, 6) is 0. The Balaban J connectivity index is 3.02. The van der Waals surface area contributed by atoms with Crippen molar-refractivity contribution in [1.82, 2.24) is 5.32 Å². The first-order valence-corrected chi connectivity index (χ1v) is 6.29. The van der Waals surface area contributed by atoms with E-state index in [-0.39, 0.29) is 0 Å². The third-order valence-corrected chi connectivity index (χ3v) is 2.77. The van der Waals surface area contributed by atoms with Gasteiger partial charge >= 0.3 is 0 Å². The minimum absolute atomic E-state index is 0.438. The van der Waals surface area contributed by atoms with Gasteiger partial charge in [-0.3, -0.25) is 0 Å². The van der Waals surface area contributed by atoms with E-state index in [9.17, 15) is 0 Å². The van der Waals surface area contributed by atoms with Crippen molar-refractivity contribution in [3.05, 3.63) is 0 Å². The minimum atomic E-state index is 0.438. The van der Waals surface area contributed by atoms with Crippen LogP contribution in [0.4, 0.5) is 0 Å². The van der Waals surface area contributed by atoms with Crippen LogP contribution in [0.3, 0.4) is 0 Å². The van der Waals surface area contributed by atoms with Gasteiger partial charge in [0, 0.05) is 23.1 Å². The van der Waals surface area contributed by atoms with Crippen LogP contribution in [0.15, 0.2) is 0 Å². The fraction of sp³-hybridized carbons (Fsp3) is 1.00. The zero-order valence-electron chi connectivity index (χ0n) is 9.54. The van der Waals surface area contributed by atoms with E-state index >= 15 is 0 Å². The molecule has 0 spiro atoms. The fourth-order valence-corrected chi connectivity index (χ4v) is 1.51. The van der Waals surface area contributed by atoms with Crippen LogP contribution >= 0.6 is 0 Å². The highest BCUT2D eigenvalue weighted by atomic mass is 28.1. The second kappa shape index (κ2) is 11.1. The molecular formula is C9H23NO3Si. The first-order chi connectivity index (χ1) is 6.81. The Bertz CT molecular complexity index is 116. The highest BCUT2D eigenvalue weighted by molar-refractivity contribution is 6.10. The number of ether oxygens (including phenoxy) is 3. The maximum Gasteiger partial charge on any atom is 0.0701 e. The number of nitrogens with one attached hydrogen (secondary N) is 1. The van der Waals surface area contributed by atoms with Crippen molar-refractivity contribution in [2.45, 2.75) is 12.1 Å². The average molecular weight is 221 g/mol. The van der Waals surface area contributed by atoms with E-state index in [4.69, 9.17) is 14.2 Å². The molecule has 1 atom stereocenters. The molecule has 0 aromatic rings. The van der Waals surface area contributed by atoms with Gasteiger partial charge in [-0.15, -0.1) is 0 Å². The third-order valence-electron chi connectivity index (χ3n) is 1.86. The van der Waals surface area contributed by atoms with E-state index in [2.05, 4.69) is 5.32 Å². The van der Waals surface area contributed by atoms with Crippen molar-refractivity contribution in [1.29, 1.82) is 0 Å². The molecule has 0 fully saturated rings. The zero-order chi connectivity index (χ0) is 10.6. The topological polar surface area (TPSA) is 39.7 Å². The van der Waals surface area contributed by atoms with Gasteiger partial charge < -0.3 is 19.5 Å². The van der Waals surface area contributed by atoms with Gasteiger partial charge in [-0.1, -0.05) is 0 Å². The van der Waals surface area contributed by atoms with Crippen molar-refractivity contribution < 1.29 is 14.2 Å². The molecule has 0 aromatic heterocycles. The molecule has 1 N–H and O–H groups in total. The van der Waals surface area contributed by atoms with Crippen LogP contribution in [0, 0.1) is 0 Å². The van der Waals surface area contributed by atoms with Gasteiger partial charge in [0.25, 0.3) is 0 Å². The van der Waals surface area contributed by atoms with E-state index < -0.39 is 0 Å². The second-order valence-electron chi connectivity index (χ2n) is 3.18. The average Bonchev–Trinajstić information content (AvgIpc) is 2.20. The monoisotopic (exact) mass is 221 g/mol. The van der Waals surface area contributed by atoms with Gasteiger partial charge in [-0.2, -0.15) is 0 Å². The summed E-state index contributed by atoms with van der Waals surface area (Å²) < 4.78 is 15.7. The van der Waals surface area contributed by atoms with Crippen LogP contribution in [0.2, 0.25) is 0 Å². The molecule has 0 aromatic carbocycles. The summed E-state index contributed by atoms with van der Waals surface area (Å²) in [5, 5.41) is 3.11. The zero-order valence-corrected chi connectivity index (χ0v) is 11.5. The second-order valence-corrected chi connectivity index (χ2v) is 4.47. The lowest BCUT2D eigenvalue weighted by Gasteiger charge is -2.12. The van der Waals surface area contributed by atoms with Crippen LogP contribution in [0.25, 0.3) is 0 Å². The van der Waals surface area contributed by atoms with Crippen molar-refractivity contribution in [2.24, 2.45) is 0 Å². The highest BCUT2D eigenvalue weighted by Gasteiger charge is 2.00. The Morgan fingerprint density at radius 1 is 1.21 bits per heavy atom. The number of methoxy groups -OCH3 is 1. The summed E-state index contributed by atoms with van der Waals surface area (Å²) in [5.41, 5.74) is 0.438. The molecule has 5 heteroatoms. The lowest BCUT2D eigenvalue weighted by molar-refractivity contribution is 0.0146. The molecule has 0 rings (SSSR count). The summed E-state index contributed by atoms with van der Waals surface area (Å²) in [7, 11) is 4.71. The quantitative estimate of drug-likeness (QED) is 0.378. The van der Waals surface area contributed by atoms with Gasteiger partial charge in [0.2, 0.25) is 0 Å². The standard InChI is InChI=1S/C9H23NO3Si/c1-10-4-3-9(14)13-8-7-12-6-5-11-2/h9-10H,3-8H2,1-2,14H3. The maximum absolute atomic E-state index is 5.58. The number of hydrogen-bond acceptors (Lipinski definition) is 4. The first kappa shape index (κ1) is 14.1. The predicted octanol–water partition coefficient (Wildman–Crippen LogP) is -1.03. The Morgan fingerprint density at radius 3 is 2.57 bits per heavy atom. The molecule has 0 amide bonds. The van der Waals surface area contributed by atoms with E-state index in [0.29, 0.717) is 32.2 Å². The molecule has 0 aliphatic rings. The summed E-state index contributed by atoms with van der Waals surface area (Å²) in [6, 6.07) is 0. The predicted molar refractivity (Wildman–Crippen MR) is 60.9 cm³/mol.